The molecule has 0 saturated heterocycles. The predicted molar refractivity (Wildman–Crippen MR) is 87.8 cm³/mol. The molecule has 0 aliphatic heterocycles. The SMILES string of the molecule is CC(Nc1nc(C(C)(C)C)ns1)C(O)Cc1ccccc1. The average molecular weight is 305 g/mol. The fraction of sp³-hybridized carbons (Fsp3) is 0.500. The van der Waals surface area contributed by atoms with E-state index in [4.69, 9.17) is 0 Å². The highest BCUT2D eigenvalue weighted by Crippen LogP contribution is 2.23. The summed E-state index contributed by atoms with van der Waals surface area (Å²) in [6.45, 7) is 8.23. The topological polar surface area (TPSA) is 58.0 Å². The highest BCUT2D eigenvalue weighted by molar-refractivity contribution is 7.09. The zero-order valence-electron chi connectivity index (χ0n) is 13.0. The Labute approximate surface area is 130 Å². The first-order valence-corrected chi connectivity index (χ1v) is 7.96. The van der Waals surface area contributed by atoms with Crippen LogP contribution in [0.1, 0.15) is 39.1 Å². The lowest BCUT2D eigenvalue weighted by molar-refractivity contribution is 0.158. The molecule has 2 unspecified atom stereocenters. The summed E-state index contributed by atoms with van der Waals surface area (Å²) in [5.41, 5.74) is 1.08. The summed E-state index contributed by atoms with van der Waals surface area (Å²) < 4.78 is 4.37. The minimum Gasteiger partial charge on any atom is -0.391 e. The molecule has 1 aromatic heterocycles. The Kier molecular flexibility index (Phi) is 4.96. The van der Waals surface area contributed by atoms with Gasteiger partial charge < -0.3 is 10.4 Å². The Morgan fingerprint density at radius 2 is 1.90 bits per heavy atom. The first-order chi connectivity index (χ1) is 9.86. The van der Waals surface area contributed by atoms with Crippen LogP contribution in [0.25, 0.3) is 0 Å². The Morgan fingerprint density at radius 1 is 1.24 bits per heavy atom. The molecule has 21 heavy (non-hydrogen) atoms. The quantitative estimate of drug-likeness (QED) is 0.890. The molecule has 1 heterocycles. The first-order valence-electron chi connectivity index (χ1n) is 7.19. The molecule has 0 fully saturated rings. The van der Waals surface area contributed by atoms with Crippen molar-refractivity contribution in [2.45, 2.75) is 51.7 Å². The second-order valence-electron chi connectivity index (χ2n) is 6.36. The van der Waals surface area contributed by atoms with Crippen LogP contribution in [0.5, 0.6) is 0 Å². The number of aromatic nitrogens is 2. The van der Waals surface area contributed by atoms with Gasteiger partial charge in [0.1, 0.15) is 5.82 Å². The minimum atomic E-state index is -0.464. The third-order valence-electron chi connectivity index (χ3n) is 3.31. The van der Waals surface area contributed by atoms with E-state index in [1.54, 1.807) is 0 Å². The van der Waals surface area contributed by atoms with Crippen molar-refractivity contribution in [2.24, 2.45) is 0 Å². The van der Waals surface area contributed by atoms with E-state index in [9.17, 15) is 5.11 Å². The fourth-order valence-electron chi connectivity index (χ4n) is 1.91. The molecule has 0 amide bonds. The van der Waals surface area contributed by atoms with E-state index >= 15 is 0 Å². The van der Waals surface area contributed by atoms with Crippen LogP contribution in [0.3, 0.4) is 0 Å². The number of nitrogens with zero attached hydrogens (tertiary/aromatic N) is 2. The number of hydrogen-bond donors (Lipinski definition) is 2. The second-order valence-corrected chi connectivity index (χ2v) is 7.12. The second kappa shape index (κ2) is 6.54. The Morgan fingerprint density at radius 3 is 2.48 bits per heavy atom. The molecule has 2 N–H and O–H groups in total. The van der Waals surface area contributed by atoms with Crippen molar-refractivity contribution in [3.63, 3.8) is 0 Å². The molecule has 2 aromatic rings. The number of aliphatic hydroxyl groups is 1. The summed E-state index contributed by atoms with van der Waals surface area (Å²) in [4.78, 5) is 4.50. The summed E-state index contributed by atoms with van der Waals surface area (Å²) >= 11 is 1.35. The summed E-state index contributed by atoms with van der Waals surface area (Å²) in [6.07, 6.45) is 0.161. The molecular formula is C16H23N3OS. The van der Waals surface area contributed by atoms with Crippen molar-refractivity contribution in [1.82, 2.24) is 9.36 Å². The number of hydrogen-bond acceptors (Lipinski definition) is 5. The molecule has 1 aromatic carbocycles. The number of benzene rings is 1. The molecule has 0 saturated carbocycles. The van der Waals surface area contributed by atoms with Gasteiger partial charge in [-0.25, -0.2) is 4.98 Å². The van der Waals surface area contributed by atoms with Gasteiger partial charge in [-0.2, -0.15) is 4.37 Å². The molecule has 0 aliphatic rings. The van der Waals surface area contributed by atoms with Crippen LogP contribution >= 0.6 is 11.5 Å². The lowest BCUT2D eigenvalue weighted by atomic mass is 9.96. The van der Waals surface area contributed by atoms with Crippen LogP contribution in [-0.4, -0.2) is 26.6 Å². The van der Waals surface area contributed by atoms with Crippen molar-refractivity contribution in [1.29, 1.82) is 0 Å². The van der Waals surface area contributed by atoms with Crippen LogP contribution in [0.2, 0.25) is 0 Å². The monoisotopic (exact) mass is 305 g/mol. The Bertz CT molecular complexity index is 562. The van der Waals surface area contributed by atoms with Gasteiger partial charge in [0.2, 0.25) is 5.13 Å². The summed E-state index contributed by atoms with van der Waals surface area (Å²) in [7, 11) is 0. The van der Waals surface area contributed by atoms with Crippen molar-refractivity contribution in [3.05, 3.63) is 41.7 Å². The van der Waals surface area contributed by atoms with Crippen LogP contribution in [0.15, 0.2) is 30.3 Å². The third kappa shape index (κ3) is 4.51. The van der Waals surface area contributed by atoms with Crippen molar-refractivity contribution < 1.29 is 5.11 Å². The molecule has 114 valence electrons. The molecule has 2 atom stereocenters. The van der Waals surface area contributed by atoms with Gasteiger partial charge in [0, 0.05) is 23.4 Å². The van der Waals surface area contributed by atoms with Crippen LogP contribution in [-0.2, 0) is 11.8 Å². The highest BCUT2D eigenvalue weighted by Gasteiger charge is 2.21. The average Bonchev–Trinajstić information content (AvgIpc) is 2.88. The van der Waals surface area contributed by atoms with Crippen molar-refractivity contribution in [2.75, 3.05) is 5.32 Å². The van der Waals surface area contributed by atoms with Gasteiger partial charge in [0.05, 0.1) is 12.1 Å². The fourth-order valence-corrected chi connectivity index (χ4v) is 2.76. The van der Waals surface area contributed by atoms with E-state index in [2.05, 4.69) is 35.4 Å². The predicted octanol–water partition coefficient (Wildman–Crippen LogP) is 3.24. The number of aliphatic hydroxyl groups excluding tert-OH is 1. The maximum absolute atomic E-state index is 10.3. The van der Waals surface area contributed by atoms with Gasteiger partial charge in [-0.1, -0.05) is 51.1 Å². The molecule has 5 heteroatoms. The van der Waals surface area contributed by atoms with E-state index in [1.807, 2.05) is 37.3 Å². The van der Waals surface area contributed by atoms with Gasteiger partial charge >= 0.3 is 0 Å². The summed E-state index contributed by atoms with van der Waals surface area (Å²) in [6, 6.07) is 9.93. The van der Waals surface area contributed by atoms with Gasteiger partial charge in [-0.3, -0.25) is 0 Å². The lowest BCUT2D eigenvalue weighted by Gasteiger charge is -2.19. The zero-order chi connectivity index (χ0) is 15.5. The third-order valence-corrected chi connectivity index (χ3v) is 3.96. The van der Waals surface area contributed by atoms with Crippen LogP contribution in [0, 0.1) is 0 Å². The zero-order valence-corrected chi connectivity index (χ0v) is 13.8. The lowest BCUT2D eigenvalue weighted by Crippen LogP contribution is -2.32. The van der Waals surface area contributed by atoms with Gasteiger partial charge in [0.15, 0.2) is 0 Å². The highest BCUT2D eigenvalue weighted by atomic mass is 32.1. The number of rotatable bonds is 5. The van der Waals surface area contributed by atoms with Gasteiger partial charge in [-0.15, -0.1) is 0 Å². The van der Waals surface area contributed by atoms with E-state index < -0.39 is 6.10 Å². The van der Waals surface area contributed by atoms with Gasteiger partial charge in [0.25, 0.3) is 0 Å². The Hall–Kier alpha value is -1.46. The van der Waals surface area contributed by atoms with E-state index in [1.165, 1.54) is 11.5 Å². The van der Waals surface area contributed by atoms with E-state index in [0.717, 1.165) is 16.5 Å². The largest absolute Gasteiger partial charge is 0.391 e. The molecule has 2 rings (SSSR count). The first kappa shape index (κ1) is 15.9. The molecule has 0 aliphatic carbocycles. The molecule has 4 nitrogen and oxygen atoms in total. The normalized spacial score (nSPS) is 14.7. The molecule has 0 bridgehead atoms. The standard InChI is InChI=1S/C16H23N3OS/c1-11(13(20)10-12-8-6-5-7-9-12)17-15-18-14(19-21-15)16(2,3)4/h5-9,11,13,20H,10H2,1-4H3,(H,17,18,19). The maximum atomic E-state index is 10.3. The van der Waals surface area contributed by atoms with Crippen molar-refractivity contribution in [3.8, 4) is 0 Å². The van der Waals surface area contributed by atoms with Gasteiger partial charge in [-0.05, 0) is 12.5 Å². The molecule has 0 radical (unpaired) electrons. The Balaban J connectivity index is 1.94. The number of nitrogens with one attached hydrogen (secondary N) is 1. The minimum absolute atomic E-state index is 0.0533. The van der Waals surface area contributed by atoms with Crippen LogP contribution in [0.4, 0.5) is 5.13 Å². The number of anilines is 1. The summed E-state index contributed by atoms with van der Waals surface area (Å²) in [5, 5.41) is 14.3. The van der Waals surface area contributed by atoms with E-state index in [0.29, 0.717) is 6.42 Å². The van der Waals surface area contributed by atoms with Crippen molar-refractivity contribution >= 4 is 16.7 Å². The van der Waals surface area contributed by atoms with Crippen LogP contribution < -0.4 is 5.32 Å². The molecule has 0 spiro atoms. The smallest absolute Gasteiger partial charge is 0.202 e. The summed E-state index contributed by atoms with van der Waals surface area (Å²) in [5.74, 6) is 0.833. The maximum Gasteiger partial charge on any atom is 0.202 e. The van der Waals surface area contributed by atoms with E-state index in [-0.39, 0.29) is 11.5 Å². The molecular weight excluding hydrogens is 282 g/mol.